The molecule has 0 aliphatic heterocycles. The summed E-state index contributed by atoms with van der Waals surface area (Å²) < 4.78 is 4.61. The minimum absolute atomic E-state index is 0.833. The van der Waals surface area contributed by atoms with E-state index in [2.05, 4.69) is 104 Å². The van der Waals surface area contributed by atoms with Crippen molar-refractivity contribution in [2.45, 2.75) is 0 Å². The molecular formula is C24H23BiO4. The second-order valence-electron chi connectivity index (χ2n) is 5.43. The van der Waals surface area contributed by atoms with E-state index in [0.717, 1.165) is 12.2 Å². The van der Waals surface area contributed by atoms with Crippen LogP contribution in [0.2, 0.25) is 0 Å². The Morgan fingerprint density at radius 3 is 0.966 bits per heavy atom. The van der Waals surface area contributed by atoms with Crippen molar-refractivity contribution in [2.75, 3.05) is 0 Å². The van der Waals surface area contributed by atoms with Gasteiger partial charge >= 0.3 is 134 Å². The zero-order valence-corrected chi connectivity index (χ0v) is 19.4. The molecule has 0 bridgehead atoms. The van der Waals surface area contributed by atoms with Gasteiger partial charge in [0.25, 0.3) is 0 Å². The Hall–Kier alpha value is -3.04. The van der Waals surface area contributed by atoms with E-state index in [-0.39, 0.29) is 0 Å². The molecule has 3 rings (SSSR count). The van der Waals surface area contributed by atoms with Crippen LogP contribution in [0.3, 0.4) is 0 Å². The van der Waals surface area contributed by atoms with Crippen molar-refractivity contribution >= 4 is 43.5 Å². The van der Waals surface area contributed by atoms with Gasteiger partial charge in [-0.25, -0.2) is 9.59 Å². The van der Waals surface area contributed by atoms with Crippen LogP contribution in [0.25, 0.3) is 0 Å². The zero-order chi connectivity index (χ0) is 21.5. The molecular weight excluding hydrogens is 561 g/mol. The van der Waals surface area contributed by atoms with Crippen LogP contribution in [-0.2, 0) is 9.59 Å². The number of carboxylic acid groups (broad SMARTS) is 2. The molecule has 0 aliphatic carbocycles. The number of rotatable bonds is 5. The molecule has 0 saturated heterocycles. The van der Waals surface area contributed by atoms with Gasteiger partial charge in [0.05, 0.1) is 0 Å². The summed E-state index contributed by atoms with van der Waals surface area (Å²) in [6.45, 7) is 5.92. The fraction of sp³-hybridized carbons (Fsp3) is 0. The van der Waals surface area contributed by atoms with Gasteiger partial charge in [0.2, 0.25) is 0 Å². The number of carbonyl (C=O) groups is 2. The minimum atomic E-state index is -2.06. The molecule has 0 radical (unpaired) electrons. The summed E-state index contributed by atoms with van der Waals surface area (Å²) in [5.74, 6) is -1.96. The molecule has 5 heteroatoms. The Morgan fingerprint density at radius 1 is 0.586 bits per heavy atom. The van der Waals surface area contributed by atoms with Crippen molar-refractivity contribution in [3.63, 3.8) is 0 Å². The summed E-state index contributed by atoms with van der Waals surface area (Å²) in [4.78, 5) is 18.5. The second-order valence-corrected chi connectivity index (χ2v) is 14.1. The molecule has 0 aliphatic rings. The molecule has 0 atom stereocenters. The zero-order valence-electron chi connectivity index (χ0n) is 15.9. The third-order valence-corrected chi connectivity index (χ3v) is 12.9. The summed E-state index contributed by atoms with van der Waals surface area (Å²) in [6, 6.07) is 33.0. The van der Waals surface area contributed by atoms with Gasteiger partial charge in [-0.15, -0.1) is 0 Å². The van der Waals surface area contributed by atoms with Gasteiger partial charge in [-0.2, -0.15) is 0 Å². The first kappa shape index (κ1) is 24.0. The molecule has 0 unspecified atom stereocenters. The third kappa shape index (κ3) is 9.63. The second kappa shape index (κ2) is 14.0. The van der Waals surface area contributed by atoms with Crippen molar-refractivity contribution in [1.82, 2.24) is 0 Å². The number of benzene rings is 3. The fourth-order valence-corrected chi connectivity index (χ4v) is 11.1. The van der Waals surface area contributed by atoms with Gasteiger partial charge in [-0.3, -0.25) is 0 Å². The quantitative estimate of drug-likeness (QED) is 0.358. The predicted octanol–water partition coefficient (Wildman–Crippen LogP) is 2.72. The standard InChI is InChI=1S/3C6H5.2C3H4O2.Bi/c3*1-2-4-6-5-3-1;2*1-2-3(4)5;/h3*1-5H;2*2H,1H2,(H,4,5);. The summed E-state index contributed by atoms with van der Waals surface area (Å²) in [5.41, 5.74) is 0. The van der Waals surface area contributed by atoms with E-state index in [1.165, 1.54) is 9.81 Å². The van der Waals surface area contributed by atoms with Crippen molar-refractivity contribution in [3.8, 4) is 0 Å². The molecule has 29 heavy (non-hydrogen) atoms. The first-order chi connectivity index (χ1) is 14.0. The Kier molecular flexibility index (Phi) is 11.6. The molecule has 0 spiro atoms. The van der Waals surface area contributed by atoms with E-state index in [9.17, 15) is 9.59 Å². The van der Waals surface area contributed by atoms with E-state index in [4.69, 9.17) is 10.2 Å². The van der Waals surface area contributed by atoms with Crippen molar-refractivity contribution in [2.24, 2.45) is 0 Å². The first-order valence-corrected chi connectivity index (χ1v) is 13.9. The van der Waals surface area contributed by atoms with Crippen LogP contribution < -0.4 is 9.81 Å². The van der Waals surface area contributed by atoms with Gasteiger partial charge in [-0.1, -0.05) is 13.2 Å². The van der Waals surface area contributed by atoms with E-state index in [1.807, 2.05) is 0 Å². The molecule has 148 valence electrons. The maximum absolute atomic E-state index is 9.25. The normalized spacial score (nSPS) is 9.14. The topological polar surface area (TPSA) is 74.6 Å². The SMILES string of the molecule is C=CC(=O)O.C=CC(=O)O.c1cc[c]([Bi]([c]2ccccc2)[c]2ccccc2)cc1. The van der Waals surface area contributed by atoms with E-state index in [0.29, 0.717) is 0 Å². The van der Waals surface area contributed by atoms with Crippen LogP contribution in [0, 0.1) is 0 Å². The van der Waals surface area contributed by atoms with Crippen LogP contribution in [-0.4, -0.2) is 43.9 Å². The average molecular weight is 584 g/mol. The Bertz CT molecular complexity index is 782. The van der Waals surface area contributed by atoms with Crippen LogP contribution >= 0.6 is 0 Å². The van der Waals surface area contributed by atoms with Gasteiger partial charge < -0.3 is 10.2 Å². The average Bonchev–Trinajstić information content (AvgIpc) is 2.77. The molecule has 2 N–H and O–H groups in total. The van der Waals surface area contributed by atoms with Crippen molar-refractivity contribution in [1.29, 1.82) is 0 Å². The van der Waals surface area contributed by atoms with E-state index in [1.54, 1.807) is 0 Å². The Balaban J connectivity index is 0.000000353. The number of aliphatic carboxylic acids is 2. The molecule has 0 saturated carbocycles. The Labute approximate surface area is 179 Å². The third-order valence-electron chi connectivity index (χ3n) is 3.39. The van der Waals surface area contributed by atoms with Crippen LogP contribution in [0.4, 0.5) is 0 Å². The molecule has 3 aromatic rings. The summed E-state index contributed by atoms with van der Waals surface area (Å²) in [6.07, 6.45) is 1.67. The Morgan fingerprint density at radius 2 is 0.793 bits per heavy atom. The molecule has 0 aromatic heterocycles. The summed E-state index contributed by atoms with van der Waals surface area (Å²) in [7, 11) is 0. The molecule has 0 fully saturated rings. The summed E-state index contributed by atoms with van der Waals surface area (Å²) >= 11 is -2.06. The maximum atomic E-state index is 9.25. The van der Waals surface area contributed by atoms with Crippen LogP contribution in [0.5, 0.6) is 0 Å². The first-order valence-electron chi connectivity index (χ1n) is 8.65. The monoisotopic (exact) mass is 584 g/mol. The van der Waals surface area contributed by atoms with Crippen LogP contribution in [0.1, 0.15) is 0 Å². The number of hydrogen-bond donors (Lipinski definition) is 2. The summed E-state index contributed by atoms with van der Waals surface area (Å²) in [5, 5.41) is 15.2. The van der Waals surface area contributed by atoms with Gasteiger partial charge in [-0.05, 0) is 0 Å². The van der Waals surface area contributed by atoms with Crippen molar-refractivity contribution < 1.29 is 19.8 Å². The van der Waals surface area contributed by atoms with Crippen molar-refractivity contribution in [3.05, 3.63) is 116 Å². The van der Waals surface area contributed by atoms with E-state index < -0.39 is 33.7 Å². The van der Waals surface area contributed by atoms with E-state index >= 15 is 0 Å². The number of carboxylic acids is 2. The number of hydrogen-bond acceptors (Lipinski definition) is 2. The molecule has 0 heterocycles. The fourth-order valence-electron chi connectivity index (χ4n) is 2.18. The molecule has 3 aromatic carbocycles. The van der Waals surface area contributed by atoms with Crippen LogP contribution in [0.15, 0.2) is 116 Å². The molecule has 4 nitrogen and oxygen atoms in total. The van der Waals surface area contributed by atoms with Gasteiger partial charge in [0.1, 0.15) is 0 Å². The van der Waals surface area contributed by atoms with Gasteiger partial charge in [0, 0.05) is 12.2 Å². The predicted molar refractivity (Wildman–Crippen MR) is 120 cm³/mol. The molecule has 0 amide bonds. The van der Waals surface area contributed by atoms with Gasteiger partial charge in [0.15, 0.2) is 0 Å².